The minimum Gasteiger partial charge on any atom is -0.462 e. The highest BCUT2D eigenvalue weighted by molar-refractivity contribution is 6.07. The van der Waals surface area contributed by atoms with Crippen molar-refractivity contribution >= 4 is 29.1 Å². The summed E-state index contributed by atoms with van der Waals surface area (Å²) < 4.78 is 5.03. The van der Waals surface area contributed by atoms with Crippen LogP contribution < -0.4 is 10.6 Å². The van der Waals surface area contributed by atoms with Gasteiger partial charge in [0.05, 0.1) is 23.4 Å². The lowest BCUT2D eigenvalue weighted by Crippen LogP contribution is -2.16. The first-order valence-electron chi connectivity index (χ1n) is 9.50. The van der Waals surface area contributed by atoms with Gasteiger partial charge in [-0.3, -0.25) is 4.79 Å². The van der Waals surface area contributed by atoms with Crippen molar-refractivity contribution in [2.24, 2.45) is 0 Å². The number of pyridine rings is 1. The molecule has 0 radical (unpaired) electrons. The van der Waals surface area contributed by atoms with E-state index in [2.05, 4.69) is 34.7 Å². The number of amides is 1. The number of nitrogens with one attached hydrogen (secondary N) is 2. The molecule has 0 saturated carbocycles. The van der Waals surface area contributed by atoms with E-state index in [1.165, 1.54) is 11.8 Å². The van der Waals surface area contributed by atoms with E-state index in [4.69, 9.17) is 4.74 Å². The maximum atomic E-state index is 12.6. The van der Waals surface area contributed by atoms with Crippen molar-refractivity contribution < 1.29 is 14.3 Å². The molecule has 148 valence electrons. The Morgan fingerprint density at radius 2 is 1.72 bits per heavy atom. The Hall–Kier alpha value is -3.67. The number of anilines is 3. The van der Waals surface area contributed by atoms with Crippen molar-refractivity contribution in [1.29, 1.82) is 0 Å². The quantitative estimate of drug-likeness (QED) is 0.567. The van der Waals surface area contributed by atoms with E-state index in [-0.39, 0.29) is 12.5 Å². The minimum absolute atomic E-state index is 0.265. The standard InChI is InChI=1S/C23H23N3O3/c1-3-16-9-12-18(13-10-16)25-21-14-11-17(15-24-21)22(27)26-20-8-6-5-7-19(20)23(28)29-4-2/h5-15H,3-4H2,1-2H3,(H,24,25)(H,26,27). The first kappa shape index (κ1) is 20.1. The number of benzene rings is 2. The fraction of sp³-hybridized carbons (Fsp3) is 0.174. The fourth-order valence-corrected chi connectivity index (χ4v) is 2.75. The van der Waals surface area contributed by atoms with Crippen LogP contribution in [0.4, 0.5) is 17.2 Å². The maximum Gasteiger partial charge on any atom is 0.340 e. The number of aromatic nitrogens is 1. The Morgan fingerprint density at radius 3 is 2.38 bits per heavy atom. The summed E-state index contributed by atoms with van der Waals surface area (Å²) in [5, 5.41) is 5.95. The molecule has 2 N–H and O–H groups in total. The Bertz CT molecular complexity index is 983. The van der Waals surface area contributed by atoms with E-state index in [9.17, 15) is 9.59 Å². The molecule has 0 fully saturated rings. The van der Waals surface area contributed by atoms with Gasteiger partial charge in [0.1, 0.15) is 5.82 Å². The van der Waals surface area contributed by atoms with E-state index < -0.39 is 5.97 Å². The molecule has 0 saturated heterocycles. The van der Waals surface area contributed by atoms with Gasteiger partial charge in [0.15, 0.2) is 0 Å². The number of aryl methyl sites for hydroxylation is 1. The van der Waals surface area contributed by atoms with Crippen molar-refractivity contribution in [3.05, 3.63) is 83.6 Å². The maximum absolute atomic E-state index is 12.6. The van der Waals surface area contributed by atoms with Gasteiger partial charge in [0.2, 0.25) is 0 Å². The monoisotopic (exact) mass is 389 g/mol. The van der Waals surface area contributed by atoms with Crippen LogP contribution in [0.1, 0.15) is 40.1 Å². The third kappa shape index (κ3) is 5.19. The van der Waals surface area contributed by atoms with Gasteiger partial charge in [0.25, 0.3) is 5.91 Å². The number of carbonyl (C=O) groups excluding carboxylic acids is 2. The number of hydrogen-bond donors (Lipinski definition) is 2. The number of rotatable bonds is 7. The van der Waals surface area contributed by atoms with E-state index in [1.54, 1.807) is 43.3 Å². The van der Waals surface area contributed by atoms with E-state index in [0.29, 0.717) is 22.6 Å². The highest BCUT2D eigenvalue weighted by atomic mass is 16.5. The Kier molecular flexibility index (Phi) is 6.58. The van der Waals surface area contributed by atoms with Crippen molar-refractivity contribution in [1.82, 2.24) is 4.98 Å². The molecular weight excluding hydrogens is 366 g/mol. The zero-order valence-electron chi connectivity index (χ0n) is 16.4. The molecule has 0 bridgehead atoms. The molecule has 0 aliphatic heterocycles. The lowest BCUT2D eigenvalue weighted by atomic mass is 10.1. The largest absolute Gasteiger partial charge is 0.462 e. The van der Waals surface area contributed by atoms with Crippen molar-refractivity contribution in [2.75, 3.05) is 17.2 Å². The Morgan fingerprint density at radius 1 is 0.966 bits per heavy atom. The van der Waals surface area contributed by atoms with Crippen molar-refractivity contribution in [3.8, 4) is 0 Å². The summed E-state index contributed by atoms with van der Waals surface area (Å²) in [5.74, 6) is -0.194. The molecule has 3 aromatic rings. The molecule has 6 nitrogen and oxygen atoms in total. The topological polar surface area (TPSA) is 80.3 Å². The first-order chi connectivity index (χ1) is 14.1. The molecule has 0 spiro atoms. The third-order valence-electron chi connectivity index (χ3n) is 4.33. The van der Waals surface area contributed by atoms with Gasteiger partial charge < -0.3 is 15.4 Å². The molecule has 1 amide bonds. The Labute approximate surface area is 169 Å². The molecule has 29 heavy (non-hydrogen) atoms. The van der Waals surface area contributed by atoms with Crippen LogP contribution in [0.2, 0.25) is 0 Å². The summed E-state index contributed by atoms with van der Waals surface area (Å²) in [6.07, 6.45) is 2.48. The lowest BCUT2D eigenvalue weighted by Gasteiger charge is -2.11. The van der Waals surface area contributed by atoms with Gasteiger partial charge >= 0.3 is 5.97 Å². The normalized spacial score (nSPS) is 10.3. The molecule has 2 aromatic carbocycles. The molecule has 1 aromatic heterocycles. The van der Waals surface area contributed by atoms with Crippen LogP contribution in [0.15, 0.2) is 66.9 Å². The molecule has 6 heteroatoms. The molecule has 0 unspecified atom stereocenters. The average molecular weight is 389 g/mol. The first-order valence-corrected chi connectivity index (χ1v) is 9.50. The second-order valence-electron chi connectivity index (χ2n) is 6.33. The molecule has 1 heterocycles. The van der Waals surface area contributed by atoms with Crippen molar-refractivity contribution in [2.45, 2.75) is 20.3 Å². The predicted molar refractivity (Wildman–Crippen MR) is 114 cm³/mol. The minimum atomic E-state index is -0.477. The summed E-state index contributed by atoms with van der Waals surface area (Å²) in [4.78, 5) is 28.9. The van der Waals surface area contributed by atoms with Gasteiger partial charge in [-0.25, -0.2) is 9.78 Å². The fourth-order valence-electron chi connectivity index (χ4n) is 2.75. The molecule has 3 rings (SSSR count). The second-order valence-corrected chi connectivity index (χ2v) is 6.33. The van der Waals surface area contributed by atoms with Crippen LogP contribution >= 0.6 is 0 Å². The number of para-hydroxylation sites is 1. The summed E-state index contributed by atoms with van der Waals surface area (Å²) in [7, 11) is 0. The number of carbonyl (C=O) groups is 2. The van der Waals surface area contributed by atoms with Crippen LogP contribution in [-0.2, 0) is 11.2 Å². The molecular formula is C23H23N3O3. The zero-order valence-corrected chi connectivity index (χ0v) is 16.4. The predicted octanol–water partition coefficient (Wildman–Crippen LogP) is 4.82. The van der Waals surface area contributed by atoms with Gasteiger partial charge in [-0.2, -0.15) is 0 Å². The summed E-state index contributed by atoms with van der Waals surface area (Å²) in [6, 6.07) is 18.3. The van der Waals surface area contributed by atoms with Gasteiger partial charge in [-0.15, -0.1) is 0 Å². The second kappa shape index (κ2) is 9.50. The van der Waals surface area contributed by atoms with Crippen LogP contribution in [0, 0.1) is 0 Å². The highest BCUT2D eigenvalue weighted by Crippen LogP contribution is 2.19. The SMILES string of the molecule is CCOC(=O)c1ccccc1NC(=O)c1ccc(Nc2ccc(CC)cc2)nc1. The van der Waals surface area contributed by atoms with E-state index in [0.717, 1.165) is 12.1 Å². The van der Waals surface area contributed by atoms with Crippen LogP contribution in [-0.4, -0.2) is 23.5 Å². The molecule has 0 aliphatic carbocycles. The number of esters is 1. The van der Waals surface area contributed by atoms with E-state index in [1.807, 2.05) is 12.1 Å². The summed E-state index contributed by atoms with van der Waals surface area (Å²) in [6.45, 7) is 4.11. The number of hydrogen-bond acceptors (Lipinski definition) is 5. The van der Waals surface area contributed by atoms with Gasteiger partial charge in [-0.1, -0.05) is 31.2 Å². The van der Waals surface area contributed by atoms with Crippen molar-refractivity contribution in [3.63, 3.8) is 0 Å². The zero-order chi connectivity index (χ0) is 20.6. The van der Waals surface area contributed by atoms with Crippen LogP contribution in [0.5, 0.6) is 0 Å². The molecule has 0 aliphatic rings. The number of ether oxygens (including phenoxy) is 1. The Balaban J connectivity index is 1.68. The highest BCUT2D eigenvalue weighted by Gasteiger charge is 2.15. The van der Waals surface area contributed by atoms with E-state index >= 15 is 0 Å². The summed E-state index contributed by atoms with van der Waals surface area (Å²) in [5.41, 5.74) is 3.28. The van der Waals surface area contributed by atoms with Crippen LogP contribution in [0.3, 0.4) is 0 Å². The van der Waals surface area contributed by atoms with Gasteiger partial charge in [0, 0.05) is 11.9 Å². The van der Waals surface area contributed by atoms with Gasteiger partial charge in [-0.05, 0) is 55.3 Å². The molecule has 0 atom stereocenters. The number of nitrogens with zero attached hydrogens (tertiary/aromatic N) is 1. The van der Waals surface area contributed by atoms with Crippen LogP contribution in [0.25, 0.3) is 0 Å². The summed E-state index contributed by atoms with van der Waals surface area (Å²) >= 11 is 0. The lowest BCUT2D eigenvalue weighted by molar-refractivity contribution is 0.0527. The smallest absolute Gasteiger partial charge is 0.340 e. The average Bonchev–Trinajstić information content (AvgIpc) is 2.75. The third-order valence-corrected chi connectivity index (χ3v) is 4.33.